The molecule has 3 nitrogen and oxygen atoms in total. The second kappa shape index (κ2) is 3.17. The summed E-state index contributed by atoms with van der Waals surface area (Å²) in [5, 5.41) is 3.97. The summed E-state index contributed by atoms with van der Waals surface area (Å²) >= 11 is 3.18. The summed E-state index contributed by atoms with van der Waals surface area (Å²) in [6.07, 6.45) is 1.66. The molecule has 0 aromatic carbocycles. The first-order chi connectivity index (χ1) is 5.11. The van der Waals surface area contributed by atoms with Gasteiger partial charge < -0.3 is 0 Å². The van der Waals surface area contributed by atoms with E-state index in [9.17, 15) is 4.79 Å². The van der Waals surface area contributed by atoms with Gasteiger partial charge in [-0.2, -0.15) is 5.10 Å². The minimum Gasteiger partial charge on any atom is -0.271 e. The van der Waals surface area contributed by atoms with Gasteiger partial charge in [-0.3, -0.25) is 4.79 Å². The maximum absolute atomic E-state index is 11.2. The van der Waals surface area contributed by atoms with Gasteiger partial charge in [-0.15, -0.1) is 0 Å². The van der Waals surface area contributed by atoms with Crippen LogP contribution in [0.15, 0.2) is 12.3 Å². The van der Waals surface area contributed by atoms with Crippen LogP contribution in [-0.2, 0) is 0 Å². The van der Waals surface area contributed by atoms with Crippen molar-refractivity contribution in [3.8, 4) is 0 Å². The number of rotatable bonds is 1. The van der Waals surface area contributed by atoms with Crippen molar-refractivity contribution in [1.29, 1.82) is 0 Å². The smallest absolute Gasteiger partial charge is 0.260 e. The maximum Gasteiger partial charge on any atom is 0.260 e. The summed E-state index contributed by atoms with van der Waals surface area (Å²) in [5.74, 6) is -0.0434. The molecule has 4 heteroatoms. The molecule has 1 atom stereocenters. The molecule has 1 heterocycles. The van der Waals surface area contributed by atoms with Gasteiger partial charge in [-0.1, -0.05) is 15.9 Å². The lowest BCUT2D eigenvalue weighted by atomic mass is 10.4. The summed E-state index contributed by atoms with van der Waals surface area (Å²) in [6, 6.07) is 1.80. The molecule has 0 aliphatic carbocycles. The highest BCUT2D eigenvalue weighted by Crippen LogP contribution is 2.02. The summed E-state index contributed by atoms with van der Waals surface area (Å²) < 4.78 is 1.34. The fourth-order valence-electron chi connectivity index (χ4n) is 0.720. The van der Waals surface area contributed by atoms with E-state index in [1.54, 1.807) is 19.2 Å². The maximum atomic E-state index is 11.2. The molecular weight excluding hydrogens is 208 g/mol. The minimum absolute atomic E-state index is 0.0434. The lowest BCUT2D eigenvalue weighted by molar-refractivity contribution is 0.0901. The molecule has 1 aromatic rings. The van der Waals surface area contributed by atoms with E-state index in [-0.39, 0.29) is 10.7 Å². The van der Waals surface area contributed by atoms with Gasteiger partial charge in [0.15, 0.2) is 0 Å². The van der Waals surface area contributed by atoms with Crippen LogP contribution in [-0.4, -0.2) is 20.5 Å². The first-order valence-electron chi connectivity index (χ1n) is 3.32. The molecule has 0 spiro atoms. The number of nitrogens with zero attached hydrogens (tertiary/aromatic N) is 2. The lowest BCUT2D eigenvalue weighted by Gasteiger charge is -2.00. The van der Waals surface area contributed by atoms with Crippen LogP contribution in [0.2, 0.25) is 0 Å². The van der Waals surface area contributed by atoms with Crippen molar-refractivity contribution in [3.63, 3.8) is 0 Å². The second-order valence-electron chi connectivity index (χ2n) is 2.36. The van der Waals surface area contributed by atoms with E-state index in [4.69, 9.17) is 0 Å². The van der Waals surface area contributed by atoms with Gasteiger partial charge in [0.05, 0.1) is 10.5 Å². The zero-order valence-electron chi connectivity index (χ0n) is 6.41. The van der Waals surface area contributed by atoms with Crippen molar-refractivity contribution >= 4 is 21.8 Å². The van der Waals surface area contributed by atoms with Crippen molar-refractivity contribution in [2.24, 2.45) is 0 Å². The first kappa shape index (κ1) is 8.46. The van der Waals surface area contributed by atoms with Crippen LogP contribution in [0.25, 0.3) is 0 Å². The Balaban J connectivity index is 2.85. The Morgan fingerprint density at radius 2 is 2.45 bits per heavy atom. The van der Waals surface area contributed by atoms with Crippen LogP contribution in [0, 0.1) is 6.92 Å². The van der Waals surface area contributed by atoms with Crippen LogP contribution in [0.5, 0.6) is 0 Å². The summed E-state index contributed by atoms with van der Waals surface area (Å²) in [6.45, 7) is 3.63. The molecule has 0 fully saturated rings. The highest BCUT2D eigenvalue weighted by molar-refractivity contribution is 9.10. The molecule has 0 aliphatic rings. The second-order valence-corrected chi connectivity index (χ2v) is 3.73. The lowest BCUT2D eigenvalue weighted by Crippen LogP contribution is -2.19. The Kier molecular flexibility index (Phi) is 2.44. The Hall–Kier alpha value is -0.640. The van der Waals surface area contributed by atoms with Gasteiger partial charge in [0, 0.05) is 6.20 Å². The quantitative estimate of drug-likeness (QED) is 0.670. The minimum atomic E-state index is -0.179. The van der Waals surface area contributed by atoms with Gasteiger partial charge in [0.25, 0.3) is 5.91 Å². The van der Waals surface area contributed by atoms with Crippen LogP contribution >= 0.6 is 15.9 Å². The Morgan fingerprint density at radius 1 is 1.82 bits per heavy atom. The molecule has 0 saturated heterocycles. The number of aromatic nitrogens is 2. The van der Waals surface area contributed by atoms with Crippen molar-refractivity contribution in [2.75, 3.05) is 0 Å². The van der Waals surface area contributed by atoms with E-state index in [1.165, 1.54) is 4.68 Å². The molecule has 0 radical (unpaired) electrons. The van der Waals surface area contributed by atoms with Gasteiger partial charge in [-0.25, -0.2) is 4.68 Å². The van der Waals surface area contributed by atoms with Crippen molar-refractivity contribution in [3.05, 3.63) is 18.0 Å². The number of hydrogen-bond acceptors (Lipinski definition) is 2. The zero-order chi connectivity index (χ0) is 8.43. The normalized spacial score (nSPS) is 13.0. The summed E-state index contributed by atoms with van der Waals surface area (Å²) in [7, 11) is 0. The third kappa shape index (κ3) is 1.89. The molecule has 1 aromatic heterocycles. The monoisotopic (exact) mass is 216 g/mol. The predicted molar refractivity (Wildman–Crippen MR) is 46.0 cm³/mol. The average molecular weight is 217 g/mol. The summed E-state index contributed by atoms with van der Waals surface area (Å²) in [4.78, 5) is 11.0. The predicted octanol–water partition coefficient (Wildman–Crippen LogP) is 1.62. The summed E-state index contributed by atoms with van der Waals surface area (Å²) in [5.41, 5.74) is 0.853. The van der Waals surface area contributed by atoms with Crippen LogP contribution in [0.1, 0.15) is 17.4 Å². The van der Waals surface area contributed by atoms with E-state index in [1.807, 2.05) is 6.92 Å². The molecule has 0 unspecified atom stereocenters. The van der Waals surface area contributed by atoms with Gasteiger partial charge in [-0.05, 0) is 19.9 Å². The number of halogens is 1. The number of carbonyl (C=O) groups excluding carboxylic acids is 1. The Bertz CT molecular complexity index is 267. The largest absolute Gasteiger partial charge is 0.271 e. The molecule has 0 saturated carbocycles. The standard InChI is InChI=1S/C7H9BrN2O/c1-5-3-4-10(9-5)7(11)6(2)8/h3-4,6H,1-2H3/t6-/m0/s1. The molecule has 60 valence electrons. The number of carbonyl (C=O) groups is 1. The third-order valence-corrected chi connectivity index (χ3v) is 1.68. The average Bonchev–Trinajstić information content (AvgIpc) is 2.34. The van der Waals surface area contributed by atoms with E-state index < -0.39 is 0 Å². The van der Waals surface area contributed by atoms with E-state index in [0.29, 0.717) is 0 Å². The molecule has 0 amide bonds. The molecule has 11 heavy (non-hydrogen) atoms. The fourth-order valence-corrected chi connectivity index (χ4v) is 0.930. The SMILES string of the molecule is Cc1ccn(C(=O)[C@H](C)Br)n1. The van der Waals surface area contributed by atoms with Crippen molar-refractivity contribution in [2.45, 2.75) is 18.7 Å². The highest BCUT2D eigenvalue weighted by Gasteiger charge is 2.11. The van der Waals surface area contributed by atoms with E-state index >= 15 is 0 Å². The molecule has 1 rings (SSSR count). The Labute approximate surface area is 73.5 Å². The van der Waals surface area contributed by atoms with Gasteiger partial charge in [0.1, 0.15) is 0 Å². The highest BCUT2D eigenvalue weighted by atomic mass is 79.9. The Morgan fingerprint density at radius 3 is 2.82 bits per heavy atom. The van der Waals surface area contributed by atoms with Crippen LogP contribution in [0.3, 0.4) is 0 Å². The molecule has 0 N–H and O–H groups in total. The topological polar surface area (TPSA) is 34.9 Å². The zero-order valence-corrected chi connectivity index (χ0v) is 8.00. The number of hydrogen-bond donors (Lipinski definition) is 0. The molecular formula is C7H9BrN2O. The first-order valence-corrected chi connectivity index (χ1v) is 4.23. The molecule has 0 bridgehead atoms. The third-order valence-electron chi connectivity index (χ3n) is 1.29. The van der Waals surface area contributed by atoms with Crippen LogP contribution < -0.4 is 0 Å². The van der Waals surface area contributed by atoms with Gasteiger partial charge in [0.2, 0.25) is 0 Å². The fraction of sp³-hybridized carbons (Fsp3) is 0.429. The number of aryl methyl sites for hydroxylation is 1. The van der Waals surface area contributed by atoms with Crippen molar-refractivity contribution < 1.29 is 4.79 Å². The number of alkyl halides is 1. The van der Waals surface area contributed by atoms with Crippen LogP contribution in [0.4, 0.5) is 0 Å². The van der Waals surface area contributed by atoms with Crippen molar-refractivity contribution in [1.82, 2.24) is 9.78 Å². The van der Waals surface area contributed by atoms with Gasteiger partial charge >= 0.3 is 0 Å². The van der Waals surface area contributed by atoms with E-state index in [0.717, 1.165) is 5.69 Å². The van der Waals surface area contributed by atoms with E-state index in [2.05, 4.69) is 21.0 Å². The molecule has 0 aliphatic heterocycles.